The Morgan fingerprint density at radius 2 is 2.03 bits per heavy atom. The average Bonchev–Trinajstić information content (AvgIpc) is 2.67. The summed E-state index contributed by atoms with van der Waals surface area (Å²) < 4.78 is 10.6. The number of hydrogen-bond donors (Lipinski definition) is 4. The number of fused-ring (bicyclic) bond motifs is 1. The van der Waals surface area contributed by atoms with Crippen LogP contribution >= 0.6 is 0 Å². The molecule has 1 unspecified atom stereocenters. The fraction of sp³-hybridized carbons (Fsp3) is 0.368. The number of aryl methyl sites for hydroxylation is 1. The zero-order valence-electron chi connectivity index (χ0n) is 15.9. The lowest BCUT2D eigenvalue weighted by Gasteiger charge is -2.15. The Morgan fingerprint density at radius 3 is 2.69 bits per heavy atom. The van der Waals surface area contributed by atoms with Crippen LogP contribution in [-0.2, 0) is 16.0 Å². The van der Waals surface area contributed by atoms with E-state index < -0.39 is 36.2 Å². The van der Waals surface area contributed by atoms with Crippen molar-refractivity contribution < 1.29 is 28.6 Å². The Labute approximate surface area is 166 Å². The number of urea groups is 1. The number of carboxylic acid groups (broad SMARTS) is 1. The van der Waals surface area contributed by atoms with E-state index in [1.54, 1.807) is 12.1 Å². The van der Waals surface area contributed by atoms with Crippen molar-refractivity contribution >= 4 is 28.9 Å². The van der Waals surface area contributed by atoms with E-state index in [1.165, 1.54) is 12.1 Å². The Hall–Kier alpha value is -3.56. The molecule has 1 aromatic heterocycles. The molecule has 0 saturated heterocycles. The fourth-order valence-electron chi connectivity index (χ4n) is 2.75. The Kier molecular flexibility index (Phi) is 7.58. The van der Waals surface area contributed by atoms with Crippen molar-refractivity contribution in [3.8, 4) is 5.75 Å². The molecule has 2 rings (SSSR count). The van der Waals surface area contributed by atoms with Crippen LogP contribution in [0.2, 0.25) is 0 Å². The van der Waals surface area contributed by atoms with Gasteiger partial charge < -0.3 is 30.6 Å². The van der Waals surface area contributed by atoms with Crippen molar-refractivity contribution in [2.45, 2.75) is 32.2 Å². The van der Waals surface area contributed by atoms with Gasteiger partial charge >= 0.3 is 17.6 Å². The molecule has 1 heterocycles. The van der Waals surface area contributed by atoms with Crippen LogP contribution in [0.3, 0.4) is 0 Å². The van der Waals surface area contributed by atoms with Gasteiger partial charge in [0.05, 0.1) is 0 Å². The van der Waals surface area contributed by atoms with Gasteiger partial charge in [0.1, 0.15) is 17.4 Å². The predicted octanol–water partition coefficient (Wildman–Crippen LogP) is 0.752. The number of hydrogen-bond acceptors (Lipinski definition) is 6. The van der Waals surface area contributed by atoms with E-state index in [4.69, 9.17) is 14.9 Å². The van der Waals surface area contributed by atoms with Crippen LogP contribution in [0.25, 0.3) is 11.0 Å². The second-order valence-corrected chi connectivity index (χ2v) is 6.28. The number of carbonyl (C=O) groups is 3. The number of benzene rings is 1. The summed E-state index contributed by atoms with van der Waals surface area (Å²) in [6.07, 6.45) is 1.10. The van der Waals surface area contributed by atoms with Gasteiger partial charge in [-0.15, -0.1) is 0 Å². The maximum atomic E-state index is 12.0. The minimum Gasteiger partial charge on any atom is -0.484 e. The van der Waals surface area contributed by atoms with Gasteiger partial charge in [-0.1, -0.05) is 6.92 Å². The van der Waals surface area contributed by atoms with Gasteiger partial charge in [-0.05, 0) is 37.0 Å². The number of nitrogens with two attached hydrogens (primary N) is 1. The predicted molar refractivity (Wildman–Crippen MR) is 104 cm³/mol. The standard InChI is InChI=1S/C19H23N3O7/c1-2-11-8-17(24)29-15-9-12(5-6-13(11)15)28-10-16(23)22-14(18(25)26)4-3-7-21-19(20)27/h5-6,8-9,14H,2-4,7,10H2,1H3,(H,22,23)(H,25,26)(H3,20,21,27). The van der Waals surface area contributed by atoms with Crippen molar-refractivity contribution in [2.75, 3.05) is 13.2 Å². The molecule has 10 heteroatoms. The number of nitrogens with one attached hydrogen (secondary N) is 2. The Morgan fingerprint density at radius 1 is 1.28 bits per heavy atom. The number of ether oxygens (including phenoxy) is 1. The lowest BCUT2D eigenvalue weighted by molar-refractivity contribution is -0.142. The highest BCUT2D eigenvalue weighted by molar-refractivity contribution is 5.85. The molecule has 0 bridgehead atoms. The second-order valence-electron chi connectivity index (χ2n) is 6.28. The van der Waals surface area contributed by atoms with E-state index in [1.807, 2.05) is 6.92 Å². The minimum absolute atomic E-state index is 0.113. The van der Waals surface area contributed by atoms with Gasteiger partial charge in [-0.3, -0.25) is 4.79 Å². The van der Waals surface area contributed by atoms with Gasteiger partial charge in [-0.2, -0.15) is 0 Å². The number of primary amides is 1. The van der Waals surface area contributed by atoms with Crippen molar-refractivity contribution in [1.29, 1.82) is 0 Å². The van der Waals surface area contributed by atoms with Crippen LogP contribution in [0.5, 0.6) is 5.75 Å². The highest BCUT2D eigenvalue weighted by atomic mass is 16.5. The average molecular weight is 405 g/mol. The lowest BCUT2D eigenvalue weighted by atomic mass is 10.1. The minimum atomic E-state index is -1.20. The van der Waals surface area contributed by atoms with Crippen LogP contribution in [0, 0.1) is 0 Å². The molecule has 0 saturated carbocycles. The Balaban J connectivity index is 1.94. The number of rotatable bonds is 10. The van der Waals surface area contributed by atoms with Gasteiger partial charge in [0.25, 0.3) is 5.91 Å². The van der Waals surface area contributed by atoms with Crippen molar-refractivity contribution in [2.24, 2.45) is 5.73 Å². The van der Waals surface area contributed by atoms with Gasteiger partial charge in [0, 0.05) is 24.1 Å². The highest BCUT2D eigenvalue weighted by Crippen LogP contribution is 2.23. The first-order valence-electron chi connectivity index (χ1n) is 9.05. The quantitative estimate of drug-likeness (QED) is 0.335. The summed E-state index contributed by atoms with van der Waals surface area (Å²) in [6, 6.07) is 4.48. The van der Waals surface area contributed by atoms with Crippen LogP contribution in [0.1, 0.15) is 25.3 Å². The maximum absolute atomic E-state index is 12.0. The van der Waals surface area contributed by atoms with Gasteiger partial charge in [0.15, 0.2) is 6.61 Å². The first kappa shape index (κ1) is 21.7. The summed E-state index contributed by atoms with van der Waals surface area (Å²) in [7, 11) is 0. The molecule has 0 fully saturated rings. The second kappa shape index (κ2) is 10.1. The van der Waals surface area contributed by atoms with E-state index in [0.29, 0.717) is 24.2 Å². The molecule has 1 atom stereocenters. The summed E-state index contributed by atoms with van der Waals surface area (Å²) in [5, 5.41) is 14.7. The third-order valence-corrected chi connectivity index (χ3v) is 4.15. The number of amides is 3. The van der Waals surface area contributed by atoms with Crippen LogP contribution < -0.4 is 26.7 Å². The van der Waals surface area contributed by atoms with E-state index in [0.717, 1.165) is 10.9 Å². The number of carboxylic acids is 1. The molecule has 2 aromatic rings. The van der Waals surface area contributed by atoms with E-state index in [9.17, 15) is 24.3 Å². The maximum Gasteiger partial charge on any atom is 0.336 e. The van der Waals surface area contributed by atoms with E-state index in [-0.39, 0.29) is 13.0 Å². The Bertz CT molecular complexity index is 954. The van der Waals surface area contributed by atoms with Crippen LogP contribution in [0.4, 0.5) is 4.79 Å². The molecule has 0 aliphatic rings. The smallest absolute Gasteiger partial charge is 0.336 e. The summed E-state index contributed by atoms with van der Waals surface area (Å²) in [5.41, 5.74) is 5.64. The molecular weight excluding hydrogens is 382 g/mol. The van der Waals surface area contributed by atoms with Crippen LogP contribution in [-0.4, -0.2) is 42.2 Å². The van der Waals surface area contributed by atoms with Crippen molar-refractivity contribution in [1.82, 2.24) is 10.6 Å². The highest BCUT2D eigenvalue weighted by Gasteiger charge is 2.19. The van der Waals surface area contributed by atoms with Gasteiger partial charge in [-0.25, -0.2) is 14.4 Å². The van der Waals surface area contributed by atoms with E-state index >= 15 is 0 Å². The molecule has 156 valence electrons. The molecule has 29 heavy (non-hydrogen) atoms. The van der Waals surface area contributed by atoms with Crippen LogP contribution in [0.15, 0.2) is 33.5 Å². The molecule has 1 aromatic carbocycles. The molecule has 5 N–H and O–H groups in total. The monoisotopic (exact) mass is 405 g/mol. The molecule has 0 spiro atoms. The fourth-order valence-corrected chi connectivity index (χ4v) is 2.75. The summed E-state index contributed by atoms with van der Waals surface area (Å²) in [4.78, 5) is 45.5. The third-order valence-electron chi connectivity index (χ3n) is 4.15. The van der Waals surface area contributed by atoms with Crippen molar-refractivity contribution in [3.05, 3.63) is 40.2 Å². The van der Waals surface area contributed by atoms with Crippen molar-refractivity contribution in [3.63, 3.8) is 0 Å². The SMILES string of the molecule is CCc1cc(=O)oc2cc(OCC(=O)NC(CCCNC(N)=O)C(=O)O)ccc12. The molecule has 0 aliphatic carbocycles. The first-order chi connectivity index (χ1) is 13.8. The number of carbonyl (C=O) groups excluding carboxylic acids is 2. The molecule has 10 nitrogen and oxygen atoms in total. The molecule has 0 aliphatic heterocycles. The van der Waals surface area contributed by atoms with Gasteiger partial charge in [0.2, 0.25) is 0 Å². The number of aliphatic carboxylic acids is 1. The molecular formula is C19H23N3O7. The normalized spacial score (nSPS) is 11.6. The summed E-state index contributed by atoms with van der Waals surface area (Å²) >= 11 is 0. The third kappa shape index (κ3) is 6.52. The summed E-state index contributed by atoms with van der Waals surface area (Å²) in [5.74, 6) is -1.51. The lowest BCUT2D eigenvalue weighted by Crippen LogP contribution is -2.43. The largest absolute Gasteiger partial charge is 0.484 e. The first-order valence-corrected chi connectivity index (χ1v) is 9.05. The zero-order chi connectivity index (χ0) is 21.4. The van der Waals surface area contributed by atoms with E-state index in [2.05, 4.69) is 10.6 Å². The topological polar surface area (TPSA) is 161 Å². The molecule has 3 amide bonds. The zero-order valence-corrected chi connectivity index (χ0v) is 15.9. The molecule has 0 radical (unpaired) electrons. The summed E-state index contributed by atoms with van der Waals surface area (Å²) in [6.45, 7) is 1.71.